The van der Waals surface area contributed by atoms with E-state index in [9.17, 15) is 4.79 Å². The van der Waals surface area contributed by atoms with Crippen molar-refractivity contribution in [2.75, 3.05) is 7.11 Å². The van der Waals surface area contributed by atoms with Crippen molar-refractivity contribution in [1.29, 1.82) is 0 Å². The summed E-state index contributed by atoms with van der Waals surface area (Å²) in [7, 11) is 1.81. The Balaban J connectivity index is 1.52. The summed E-state index contributed by atoms with van der Waals surface area (Å²) in [5.74, 6) is 3.75. The fourth-order valence-electron chi connectivity index (χ4n) is 7.42. The molecular weight excluding hydrogens is 368 g/mol. The molecule has 0 N–H and O–H groups in total. The maximum absolute atomic E-state index is 11.5. The van der Waals surface area contributed by atoms with Gasteiger partial charge in [0.15, 0.2) is 6.29 Å². The normalized spacial score (nSPS) is 29.3. The third-order valence-corrected chi connectivity index (χ3v) is 8.20. The lowest BCUT2D eigenvalue weighted by atomic mass is 9.48. The number of fused-ring (bicyclic) bond motifs is 1. The first kappa shape index (κ1) is 18.2. The van der Waals surface area contributed by atoms with Gasteiger partial charge in [0, 0.05) is 11.1 Å². The summed E-state index contributed by atoms with van der Waals surface area (Å²) in [5.41, 5.74) is 4.89. The Morgan fingerprint density at radius 3 is 2.20 bits per heavy atom. The summed E-state index contributed by atoms with van der Waals surface area (Å²) in [6.07, 6.45) is 9.26. The minimum atomic E-state index is 0.286. The molecule has 152 valence electrons. The van der Waals surface area contributed by atoms with Gasteiger partial charge < -0.3 is 4.74 Å². The van der Waals surface area contributed by atoms with E-state index in [1.165, 1.54) is 55.2 Å². The Hall–Kier alpha value is -2.61. The third kappa shape index (κ3) is 2.66. The molecule has 0 amide bonds. The first-order chi connectivity index (χ1) is 14.7. The molecule has 4 aliphatic carbocycles. The predicted octanol–water partition coefficient (Wildman–Crippen LogP) is 6.80. The number of carbonyl (C=O) groups is 1. The first-order valence-corrected chi connectivity index (χ1v) is 11.3. The number of hydrogen-bond donors (Lipinski definition) is 0. The van der Waals surface area contributed by atoms with Crippen LogP contribution >= 0.6 is 0 Å². The zero-order valence-electron chi connectivity index (χ0n) is 17.6. The monoisotopic (exact) mass is 396 g/mol. The molecule has 3 aromatic carbocycles. The van der Waals surface area contributed by atoms with Crippen LogP contribution in [-0.4, -0.2) is 13.4 Å². The highest BCUT2D eigenvalue weighted by molar-refractivity contribution is 6.04. The number of ether oxygens (including phenoxy) is 1. The second-order valence-corrected chi connectivity index (χ2v) is 9.98. The van der Waals surface area contributed by atoms with Crippen LogP contribution in [0.3, 0.4) is 0 Å². The highest BCUT2D eigenvalue weighted by Gasteiger charge is 2.52. The van der Waals surface area contributed by atoms with E-state index < -0.39 is 0 Å². The van der Waals surface area contributed by atoms with E-state index in [4.69, 9.17) is 4.74 Å². The third-order valence-electron chi connectivity index (χ3n) is 8.20. The Kier molecular flexibility index (Phi) is 4.06. The van der Waals surface area contributed by atoms with Gasteiger partial charge in [0.1, 0.15) is 5.75 Å². The van der Waals surface area contributed by atoms with Gasteiger partial charge in [-0.15, -0.1) is 0 Å². The maximum Gasteiger partial charge on any atom is 0.150 e. The SMILES string of the molecule is COc1ccc(-c2cccc3c(C=O)cccc23)cc1C12CC3CC(CC(C3)C1)C2. The summed E-state index contributed by atoms with van der Waals surface area (Å²) in [6.45, 7) is 0. The van der Waals surface area contributed by atoms with E-state index in [0.29, 0.717) is 0 Å². The fourth-order valence-corrected chi connectivity index (χ4v) is 7.42. The molecular formula is C28H28O2. The second-order valence-electron chi connectivity index (χ2n) is 9.98. The Labute approximate surface area is 178 Å². The van der Waals surface area contributed by atoms with Crippen molar-refractivity contribution >= 4 is 17.1 Å². The van der Waals surface area contributed by atoms with E-state index in [0.717, 1.165) is 46.1 Å². The molecule has 0 spiro atoms. The molecule has 0 heterocycles. The molecule has 4 fully saturated rings. The lowest BCUT2D eigenvalue weighted by molar-refractivity contribution is -0.00613. The van der Waals surface area contributed by atoms with Crippen LogP contribution < -0.4 is 4.74 Å². The van der Waals surface area contributed by atoms with Crippen molar-refractivity contribution in [3.63, 3.8) is 0 Å². The molecule has 7 rings (SSSR count). The molecule has 0 saturated heterocycles. The smallest absolute Gasteiger partial charge is 0.150 e. The number of benzene rings is 3. The minimum absolute atomic E-state index is 0.286. The van der Waals surface area contributed by atoms with Crippen molar-refractivity contribution < 1.29 is 9.53 Å². The van der Waals surface area contributed by atoms with Crippen molar-refractivity contribution in [3.05, 3.63) is 65.7 Å². The maximum atomic E-state index is 11.5. The average molecular weight is 397 g/mol. The van der Waals surface area contributed by atoms with Gasteiger partial charge in [0.25, 0.3) is 0 Å². The quantitative estimate of drug-likeness (QED) is 0.454. The van der Waals surface area contributed by atoms with Crippen LogP contribution in [0.15, 0.2) is 54.6 Å². The summed E-state index contributed by atoms with van der Waals surface area (Å²) >= 11 is 0. The molecule has 0 atom stereocenters. The van der Waals surface area contributed by atoms with Gasteiger partial charge in [-0.3, -0.25) is 4.79 Å². The number of methoxy groups -OCH3 is 1. The zero-order chi connectivity index (χ0) is 20.3. The molecule has 0 aliphatic heterocycles. The number of aldehydes is 1. The van der Waals surface area contributed by atoms with Crippen LogP contribution in [0.1, 0.15) is 54.4 Å². The molecule has 4 aliphatic rings. The van der Waals surface area contributed by atoms with Gasteiger partial charge in [-0.1, -0.05) is 42.5 Å². The van der Waals surface area contributed by atoms with E-state index >= 15 is 0 Å². The van der Waals surface area contributed by atoms with E-state index in [1.807, 2.05) is 25.3 Å². The van der Waals surface area contributed by atoms with Crippen molar-refractivity contribution in [2.24, 2.45) is 17.8 Å². The number of hydrogen-bond acceptors (Lipinski definition) is 2. The summed E-state index contributed by atoms with van der Waals surface area (Å²) < 4.78 is 5.90. The number of rotatable bonds is 4. The van der Waals surface area contributed by atoms with Crippen molar-refractivity contribution in [2.45, 2.75) is 43.9 Å². The molecule has 0 radical (unpaired) electrons. The molecule has 2 nitrogen and oxygen atoms in total. The highest BCUT2D eigenvalue weighted by Crippen LogP contribution is 2.62. The van der Waals surface area contributed by atoms with E-state index in [-0.39, 0.29) is 5.41 Å². The molecule has 4 saturated carbocycles. The molecule has 0 aromatic heterocycles. The number of carbonyl (C=O) groups excluding carboxylic acids is 1. The van der Waals surface area contributed by atoms with Crippen LogP contribution in [0.5, 0.6) is 5.75 Å². The van der Waals surface area contributed by atoms with Gasteiger partial charge in [-0.2, -0.15) is 0 Å². The van der Waals surface area contributed by atoms with Gasteiger partial charge in [-0.05, 0) is 95.7 Å². The second kappa shape index (κ2) is 6.70. The van der Waals surface area contributed by atoms with Crippen LogP contribution in [0.4, 0.5) is 0 Å². The molecule has 3 aromatic rings. The average Bonchev–Trinajstić information content (AvgIpc) is 2.77. The lowest BCUT2D eigenvalue weighted by Gasteiger charge is -2.57. The summed E-state index contributed by atoms with van der Waals surface area (Å²) in [6, 6.07) is 19.1. The predicted molar refractivity (Wildman–Crippen MR) is 121 cm³/mol. The molecule has 0 unspecified atom stereocenters. The summed E-state index contributed by atoms with van der Waals surface area (Å²) in [4.78, 5) is 11.5. The van der Waals surface area contributed by atoms with Gasteiger partial charge in [0.2, 0.25) is 0 Å². The van der Waals surface area contributed by atoms with E-state index in [2.05, 4.69) is 36.4 Å². The molecule has 30 heavy (non-hydrogen) atoms. The largest absolute Gasteiger partial charge is 0.496 e. The lowest BCUT2D eigenvalue weighted by Crippen LogP contribution is -2.48. The Bertz CT molecular complexity index is 1110. The van der Waals surface area contributed by atoms with Gasteiger partial charge in [-0.25, -0.2) is 0 Å². The Morgan fingerprint density at radius 2 is 1.53 bits per heavy atom. The standard InChI is InChI=1S/C28H28O2/c1-30-27-9-8-21(23-5-3-6-24-22(17-29)4-2-7-25(23)24)13-26(27)28-14-18-10-19(15-28)12-20(11-18)16-28/h2-9,13,17-20H,10-12,14-16H2,1H3. The molecule has 4 bridgehead atoms. The first-order valence-electron chi connectivity index (χ1n) is 11.3. The molecule has 2 heteroatoms. The van der Waals surface area contributed by atoms with Gasteiger partial charge >= 0.3 is 0 Å². The topological polar surface area (TPSA) is 26.3 Å². The van der Waals surface area contributed by atoms with Crippen molar-refractivity contribution in [1.82, 2.24) is 0 Å². The van der Waals surface area contributed by atoms with Crippen LogP contribution in [0.25, 0.3) is 21.9 Å². The van der Waals surface area contributed by atoms with Crippen LogP contribution in [0, 0.1) is 17.8 Å². The fraction of sp³-hybridized carbons (Fsp3) is 0.393. The summed E-state index contributed by atoms with van der Waals surface area (Å²) in [5, 5.41) is 2.17. The van der Waals surface area contributed by atoms with Crippen LogP contribution in [0.2, 0.25) is 0 Å². The Morgan fingerprint density at radius 1 is 0.867 bits per heavy atom. The van der Waals surface area contributed by atoms with E-state index in [1.54, 1.807) is 0 Å². The highest BCUT2D eigenvalue weighted by atomic mass is 16.5. The zero-order valence-corrected chi connectivity index (χ0v) is 17.6. The van der Waals surface area contributed by atoms with Crippen molar-refractivity contribution in [3.8, 4) is 16.9 Å². The van der Waals surface area contributed by atoms with Gasteiger partial charge in [0.05, 0.1) is 7.11 Å². The minimum Gasteiger partial charge on any atom is -0.496 e. The van der Waals surface area contributed by atoms with Crippen LogP contribution in [-0.2, 0) is 5.41 Å².